The van der Waals surface area contributed by atoms with Gasteiger partial charge in [0, 0.05) is 12.0 Å². The number of carbonyl (C=O) groups is 2. The van der Waals surface area contributed by atoms with E-state index in [9.17, 15) is 23.5 Å². The number of ether oxygens (including phenoxy) is 1. The summed E-state index contributed by atoms with van der Waals surface area (Å²) in [4.78, 5) is 23.2. The maximum Gasteiger partial charge on any atom is 0.337 e. The summed E-state index contributed by atoms with van der Waals surface area (Å²) in [6.45, 7) is -0.0975. The van der Waals surface area contributed by atoms with Gasteiger partial charge in [-0.25, -0.2) is 13.6 Å². The molecule has 0 aromatic heterocycles. The van der Waals surface area contributed by atoms with Crippen LogP contribution in [0.1, 0.15) is 28.8 Å². The molecule has 0 radical (unpaired) electrons. The Morgan fingerprint density at radius 2 is 1.92 bits per heavy atom. The van der Waals surface area contributed by atoms with E-state index in [1.165, 1.54) is 12.1 Å². The van der Waals surface area contributed by atoms with Gasteiger partial charge < -0.3 is 15.2 Å². The Bertz CT molecular complexity index is 834. The number of nitrogens with one attached hydrogen (secondary N) is 1. The topological polar surface area (TPSA) is 75.6 Å². The highest BCUT2D eigenvalue weighted by Crippen LogP contribution is 2.31. The van der Waals surface area contributed by atoms with Crippen molar-refractivity contribution < 1.29 is 28.2 Å². The van der Waals surface area contributed by atoms with Crippen LogP contribution in [0.4, 0.5) is 14.5 Å². The Hall–Kier alpha value is -2.96. The molecule has 1 aliphatic carbocycles. The molecule has 3 rings (SSSR count). The third-order valence-corrected chi connectivity index (χ3v) is 3.81. The van der Waals surface area contributed by atoms with Gasteiger partial charge in [-0.1, -0.05) is 6.07 Å². The van der Waals surface area contributed by atoms with E-state index in [1.54, 1.807) is 6.07 Å². The fourth-order valence-corrected chi connectivity index (χ4v) is 2.30. The molecule has 25 heavy (non-hydrogen) atoms. The molecule has 0 aliphatic heterocycles. The standard InChI is InChI=1S/C18H15F2NO4/c19-12-4-6-16(14(20)8-12)25-9-10-1-5-15(13(7-10)18(23)24)21-17(22)11-2-3-11/h1,4-8,11H,2-3,9H2,(H,21,22)(H,23,24). The lowest BCUT2D eigenvalue weighted by molar-refractivity contribution is -0.117. The first kappa shape index (κ1) is 16.9. The van der Waals surface area contributed by atoms with Crippen molar-refractivity contribution >= 4 is 17.6 Å². The van der Waals surface area contributed by atoms with Crippen LogP contribution >= 0.6 is 0 Å². The molecule has 0 spiro atoms. The van der Waals surface area contributed by atoms with Gasteiger partial charge in [-0.05, 0) is 42.7 Å². The summed E-state index contributed by atoms with van der Waals surface area (Å²) in [5, 5.41) is 11.9. The maximum absolute atomic E-state index is 13.5. The number of carboxylic acid groups (broad SMARTS) is 1. The molecule has 2 aromatic carbocycles. The minimum absolute atomic E-state index is 0.0499. The number of aromatic carboxylic acids is 1. The molecule has 0 unspecified atom stereocenters. The molecule has 0 atom stereocenters. The summed E-state index contributed by atoms with van der Waals surface area (Å²) in [5.74, 6) is -3.13. The van der Waals surface area contributed by atoms with Crippen molar-refractivity contribution in [3.05, 3.63) is 59.2 Å². The first-order chi connectivity index (χ1) is 11.9. The minimum Gasteiger partial charge on any atom is -0.486 e. The van der Waals surface area contributed by atoms with Crippen molar-refractivity contribution in [2.75, 3.05) is 5.32 Å². The number of halogens is 2. The number of carboxylic acids is 1. The number of rotatable bonds is 6. The molecule has 7 heteroatoms. The summed E-state index contributed by atoms with van der Waals surface area (Å²) in [6.07, 6.45) is 1.62. The quantitative estimate of drug-likeness (QED) is 0.837. The average molecular weight is 347 g/mol. The molecule has 2 N–H and O–H groups in total. The SMILES string of the molecule is O=C(O)c1cc(COc2ccc(F)cc2F)ccc1NC(=O)C1CC1. The van der Waals surface area contributed by atoms with Gasteiger partial charge in [0.2, 0.25) is 5.91 Å². The Labute approximate surface area is 142 Å². The van der Waals surface area contributed by atoms with Crippen LogP contribution in [0, 0.1) is 17.6 Å². The highest BCUT2D eigenvalue weighted by molar-refractivity contribution is 6.01. The van der Waals surface area contributed by atoms with Gasteiger partial charge >= 0.3 is 5.97 Å². The second kappa shape index (κ2) is 6.88. The second-order valence-electron chi connectivity index (χ2n) is 5.81. The van der Waals surface area contributed by atoms with Crippen molar-refractivity contribution in [3.63, 3.8) is 0 Å². The third-order valence-electron chi connectivity index (χ3n) is 3.81. The number of benzene rings is 2. The van der Waals surface area contributed by atoms with Crippen LogP contribution in [0.3, 0.4) is 0 Å². The average Bonchev–Trinajstić information content (AvgIpc) is 3.40. The summed E-state index contributed by atoms with van der Waals surface area (Å²) in [7, 11) is 0. The number of anilines is 1. The fourth-order valence-electron chi connectivity index (χ4n) is 2.30. The fraction of sp³-hybridized carbons (Fsp3) is 0.222. The van der Waals surface area contributed by atoms with Gasteiger partial charge in [0.1, 0.15) is 12.4 Å². The van der Waals surface area contributed by atoms with Gasteiger partial charge in [0.15, 0.2) is 11.6 Å². The predicted molar refractivity (Wildman–Crippen MR) is 85.4 cm³/mol. The molecule has 2 aromatic rings. The zero-order valence-corrected chi connectivity index (χ0v) is 13.1. The van der Waals surface area contributed by atoms with E-state index >= 15 is 0 Å². The van der Waals surface area contributed by atoms with Crippen LogP contribution in [0.5, 0.6) is 5.75 Å². The number of amides is 1. The monoisotopic (exact) mass is 347 g/mol. The molecule has 1 saturated carbocycles. The summed E-state index contributed by atoms with van der Waals surface area (Å²) in [5.41, 5.74) is 0.612. The lowest BCUT2D eigenvalue weighted by atomic mass is 10.1. The lowest BCUT2D eigenvalue weighted by Crippen LogP contribution is -2.16. The van der Waals surface area contributed by atoms with E-state index in [1.807, 2.05) is 0 Å². The van der Waals surface area contributed by atoms with Gasteiger partial charge in [-0.15, -0.1) is 0 Å². The highest BCUT2D eigenvalue weighted by atomic mass is 19.1. The molecule has 0 heterocycles. The number of carbonyl (C=O) groups excluding carboxylic acids is 1. The largest absolute Gasteiger partial charge is 0.486 e. The van der Waals surface area contributed by atoms with Gasteiger partial charge in [-0.2, -0.15) is 0 Å². The zero-order chi connectivity index (χ0) is 18.0. The summed E-state index contributed by atoms with van der Waals surface area (Å²) >= 11 is 0. The van der Waals surface area contributed by atoms with Crippen molar-refractivity contribution in [1.82, 2.24) is 0 Å². The van der Waals surface area contributed by atoms with Crippen molar-refractivity contribution in [2.24, 2.45) is 5.92 Å². The second-order valence-corrected chi connectivity index (χ2v) is 5.81. The number of hydrogen-bond acceptors (Lipinski definition) is 3. The van der Waals surface area contributed by atoms with E-state index in [-0.39, 0.29) is 35.4 Å². The first-order valence-electron chi connectivity index (χ1n) is 7.69. The highest BCUT2D eigenvalue weighted by Gasteiger charge is 2.30. The first-order valence-corrected chi connectivity index (χ1v) is 7.69. The van der Waals surface area contributed by atoms with Crippen LogP contribution < -0.4 is 10.1 Å². The molecule has 5 nitrogen and oxygen atoms in total. The van der Waals surface area contributed by atoms with Gasteiger partial charge in [0.25, 0.3) is 0 Å². The molecular weight excluding hydrogens is 332 g/mol. The van der Waals surface area contributed by atoms with E-state index in [0.717, 1.165) is 25.0 Å². The Morgan fingerprint density at radius 1 is 1.16 bits per heavy atom. The normalized spacial score (nSPS) is 13.4. The van der Waals surface area contributed by atoms with Crippen LogP contribution in [0.15, 0.2) is 36.4 Å². The Balaban J connectivity index is 1.74. The van der Waals surface area contributed by atoms with Crippen molar-refractivity contribution in [1.29, 1.82) is 0 Å². The van der Waals surface area contributed by atoms with E-state index in [4.69, 9.17) is 4.74 Å². The number of hydrogen-bond donors (Lipinski definition) is 2. The molecular formula is C18H15F2NO4. The third kappa shape index (κ3) is 4.12. The molecule has 0 bridgehead atoms. The van der Waals surface area contributed by atoms with Crippen molar-refractivity contribution in [3.8, 4) is 5.75 Å². The predicted octanol–water partition coefficient (Wildman–Crippen LogP) is 3.59. The van der Waals surface area contributed by atoms with Crippen LogP contribution in [-0.4, -0.2) is 17.0 Å². The molecule has 130 valence electrons. The van der Waals surface area contributed by atoms with Crippen LogP contribution in [0.2, 0.25) is 0 Å². The molecule has 1 aliphatic rings. The minimum atomic E-state index is -1.19. The Morgan fingerprint density at radius 3 is 2.56 bits per heavy atom. The van der Waals surface area contributed by atoms with E-state index < -0.39 is 17.6 Å². The van der Waals surface area contributed by atoms with E-state index in [0.29, 0.717) is 11.6 Å². The van der Waals surface area contributed by atoms with Crippen LogP contribution in [-0.2, 0) is 11.4 Å². The lowest BCUT2D eigenvalue weighted by Gasteiger charge is -2.11. The molecule has 1 fully saturated rings. The van der Waals surface area contributed by atoms with E-state index in [2.05, 4.69) is 5.32 Å². The van der Waals surface area contributed by atoms with Crippen LogP contribution in [0.25, 0.3) is 0 Å². The zero-order valence-electron chi connectivity index (χ0n) is 13.1. The maximum atomic E-state index is 13.5. The van der Waals surface area contributed by atoms with Gasteiger partial charge in [0.05, 0.1) is 11.3 Å². The summed E-state index contributed by atoms with van der Waals surface area (Å²) < 4.78 is 31.7. The Kier molecular flexibility index (Phi) is 4.65. The van der Waals surface area contributed by atoms with Crippen molar-refractivity contribution in [2.45, 2.75) is 19.4 Å². The molecule has 0 saturated heterocycles. The molecule has 1 amide bonds. The summed E-state index contributed by atoms with van der Waals surface area (Å²) in [6, 6.07) is 7.34. The van der Waals surface area contributed by atoms with Gasteiger partial charge in [-0.3, -0.25) is 4.79 Å². The smallest absolute Gasteiger partial charge is 0.337 e.